The number of ether oxygens (including phenoxy) is 1. The smallest absolute Gasteiger partial charge is 0.121 e. The molecule has 1 aliphatic rings. The third-order valence-corrected chi connectivity index (χ3v) is 2.13. The fourth-order valence-electron chi connectivity index (χ4n) is 1.42. The van der Waals surface area contributed by atoms with Crippen LogP contribution in [0.3, 0.4) is 0 Å². The molecule has 0 saturated carbocycles. The molecule has 3 N–H and O–H groups in total. The van der Waals surface area contributed by atoms with Crippen LogP contribution in [0.15, 0.2) is 29.3 Å². The number of phenolic OH excluding ortho intramolecular Hbond substituents is 1. The van der Waals surface area contributed by atoms with Crippen molar-refractivity contribution in [3.8, 4) is 5.75 Å². The number of rotatable bonds is 1. The second-order valence-corrected chi connectivity index (χ2v) is 3.24. The number of nitrogens with zero attached hydrogens (tertiary/aromatic N) is 1. The van der Waals surface area contributed by atoms with Crippen molar-refractivity contribution >= 4 is 5.84 Å². The molecule has 2 rings (SSSR count). The molecule has 0 aromatic heterocycles. The number of nitrogens with two attached hydrogens (primary N) is 1. The first kappa shape index (κ1) is 9.02. The molecule has 0 fully saturated rings. The zero-order valence-corrected chi connectivity index (χ0v) is 7.68. The first-order valence-corrected chi connectivity index (χ1v) is 4.44. The molecule has 0 radical (unpaired) electrons. The summed E-state index contributed by atoms with van der Waals surface area (Å²) in [4.78, 5) is 4.27. The monoisotopic (exact) mass is 192 g/mol. The molecule has 0 bridgehead atoms. The second-order valence-electron chi connectivity index (χ2n) is 3.24. The van der Waals surface area contributed by atoms with Gasteiger partial charge in [0.2, 0.25) is 0 Å². The number of hydrogen-bond donors (Lipinski definition) is 2. The highest BCUT2D eigenvalue weighted by Crippen LogP contribution is 2.22. The molecule has 4 heteroatoms. The second kappa shape index (κ2) is 3.67. The summed E-state index contributed by atoms with van der Waals surface area (Å²) in [5.41, 5.74) is 6.57. The first-order chi connectivity index (χ1) is 6.75. The van der Waals surface area contributed by atoms with Crippen LogP contribution in [-0.4, -0.2) is 24.2 Å². The quantitative estimate of drug-likeness (QED) is 0.692. The number of amidine groups is 1. The highest BCUT2D eigenvalue weighted by molar-refractivity contribution is 5.82. The molecular weight excluding hydrogens is 180 g/mol. The van der Waals surface area contributed by atoms with E-state index in [1.807, 2.05) is 12.1 Å². The molecule has 0 saturated heterocycles. The van der Waals surface area contributed by atoms with Crippen LogP contribution in [0, 0.1) is 0 Å². The fraction of sp³-hybridized carbons (Fsp3) is 0.300. The lowest BCUT2D eigenvalue weighted by Crippen LogP contribution is -2.27. The Morgan fingerprint density at radius 1 is 1.36 bits per heavy atom. The largest absolute Gasteiger partial charge is 0.508 e. The van der Waals surface area contributed by atoms with E-state index in [-0.39, 0.29) is 11.8 Å². The highest BCUT2D eigenvalue weighted by Gasteiger charge is 2.15. The summed E-state index contributed by atoms with van der Waals surface area (Å²) in [6, 6.07) is 6.88. The van der Waals surface area contributed by atoms with Crippen molar-refractivity contribution < 1.29 is 9.84 Å². The molecule has 1 aromatic rings. The minimum atomic E-state index is -0.0376. The average molecular weight is 192 g/mol. The molecule has 1 heterocycles. The minimum Gasteiger partial charge on any atom is -0.508 e. The van der Waals surface area contributed by atoms with Crippen molar-refractivity contribution in [3.63, 3.8) is 0 Å². The molecule has 4 nitrogen and oxygen atoms in total. The third kappa shape index (κ3) is 1.85. The van der Waals surface area contributed by atoms with Crippen molar-refractivity contribution in [2.45, 2.75) is 6.04 Å². The van der Waals surface area contributed by atoms with Gasteiger partial charge in [-0.25, -0.2) is 0 Å². The van der Waals surface area contributed by atoms with Crippen LogP contribution in [0.1, 0.15) is 11.6 Å². The molecule has 0 amide bonds. The van der Waals surface area contributed by atoms with Gasteiger partial charge < -0.3 is 15.6 Å². The van der Waals surface area contributed by atoms with E-state index in [0.29, 0.717) is 19.0 Å². The normalized spacial score (nSPS) is 21.7. The van der Waals surface area contributed by atoms with Crippen LogP contribution in [0.5, 0.6) is 5.75 Å². The summed E-state index contributed by atoms with van der Waals surface area (Å²) in [6.45, 7) is 0.958. The molecular formula is C10H12N2O2. The summed E-state index contributed by atoms with van der Waals surface area (Å²) >= 11 is 0. The summed E-state index contributed by atoms with van der Waals surface area (Å²) in [7, 11) is 0. The Morgan fingerprint density at radius 3 is 2.71 bits per heavy atom. The maximum atomic E-state index is 9.12. The van der Waals surface area contributed by atoms with Crippen LogP contribution >= 0.6 is 0 Å². The van der Waals surface area contributed by atoms with Crippen molar-refractivity contribution in [3.05, 3.63) is 29.8 Å². The topological polar surface area (TPSA) is 67.8 Å². The Hall–Kier alpha value is -1.55. The number of benzene rings is 1. The maximum Gasteiger partial charge on any atom is 0.121 e. The standard InChI is InChI=1S/C10H12N2O2/c11-10-6-14-5-9(12-10)7-1-3-8(13)4-2-7/h1-4,9,13H,5-6H2,(H2,11,12)/t9-/m0/s1. The number of hydrogen-bond acceptors (Lipinski definition) is 4. The van der Waals surface area contributed by atoms with E-state index in [2.05, 4.69) is 4.99 Å². The molecule has 1 aliphatic heterocycles. The Labute approximate surface area is 82.0 Å². The van der Waals surface area contributed by atoms with Crippen molar-refractivity contribution in [1.29, 1.82) is 0 Å². The van der Waals surface area contributed by atoms with Gasteiger partial charge in [-0.05, 0) is 17.7 Å². The molecule has 1 aromatic carbocycles. The predicted octanol–water partition coefficient (Wildman–Crippen LogP) is 0.821. The summed E-state index contributed by atoms with van der Waals surface area (Å²) in [5, 5.41) is 9.12. The maximum absolute atomic E-state index is 9.12. The lowest BCUT2D eigenvalue weighted by atomic mass is 10.1. The van der Waals surface area contributed by atoms with Crippen molar-refractivity contribution in [1.82, 2.24) is 0 Å². The van der Waals surface area contributed by atoms with Gasteiger partial charge in [0.05, 0.1) is 6.61 Å². The van der Waals surface area contributed by atoms with Gasteiger partial charge in [0, 0.05) is 0 Å². The molecule has 1 atom stereocenters. The van der Waals surface area contributed by atoms with Crippen LogP contribution in [0.4, 0.5) is 0 Å². The zero-order valence-electron chi connectivity index (χ0n) is 7.68. The Balaban J connectivity index is 2.22. The van der Waals surface area contributed by atoms with E-state index in [4.69, 9.17) is 15.6 Å². The molecule has 0 unspecified atom stereocenters. The van der Waals surface area contributed by atoms with Crippen molar-refractivity contribution in [2.24, 2.45) is 10.7 Å². The predicted molar refractivity (Wildman–Crippen MR) is 53.3 cm³/mol. The minimum absolute atomic E-state index is 0.0376. The first-order valence-electron chi connectivity index (χ1n) is 4.44. The molecule has 14 heavy (non-hydrogen) atoms. The molecule has 0 spiro atoms. The summed E-state index contributed by atoms with van der Waals surface area (Å²) in [6.07, 6.45) is 0. The van der Waals surface area contributed by atoms with E-state index in [1.165, 1.54) is 0 Å². The van der Waals surface area contributed by atoms with E-state index in [9.17, 15) is 0 Å². The number of aliphatic imine (C=N–C) groups is 1. The lowest BCUT2D eigenvalue weighted by Gasteiger charge is -2.19. The van der Waals surface area contributed by atoms with Crippen LogP contribution in [-0.2, 0) is 4.74 Å². The Kier molecular flexibility index (Phi) is 2.37. The molecule has 0 aliphatic carbocycles. The van der Waals surface area contributed by atoms with Gasteiger partial charge in [-0.2, -0.15) is 0 Å². The van der Waals surface area contributed by atoms with E-state index in [1.54, 1.807) is 12.1 Å². The van der Waals surface area contributed by atoms with Gasteiger partial charge in [0.15, 0.2) is 0 Å². The van der Waals surface area contributed by atoms with Crippen LogP contribution < -0.4 is 5.73 Å². The third-order valence-electron chi connectivity index (χ3n) is 2.13. The fourth-order valence-corrected chi connectivity index (χ4v) is 1.42. The van der Waals surface area contributed by atoms with Gasteiger partial charge in [-0.3, -0.25) is 4.99 Å². The van der Waals surface area contributed by atoms with Gasteiger partial charge in [0.1, 0.15) is 24.2 Å². The summed E-state index contributed by atoms with van der Waals surface area (Å²) in [5.74, 6) is 0.775. The SMILES string of the molecule is NC1=N[C@H](c2ccc(O)cc2)COC1. The summed E-state index contributed by atoms with van der Waals surface area (Å²) < 4.78 is 5.26. The van der Waals surface area contributed by atoms with Crippen LogP contribution in [0.2, 0.25) is 0 Å². The number of phenols is 1. The van der Waals surface area contributed by atoms with Crippen molar-refractivity contribution in [2.75, 3.05) is 13.2 Å². The van der Waals surface area contributed by atoms with E-state index < -0.39 is 0 Å². The van der Waals surface area contributed by atoms with Gasteiger partial charge in [-0.15, -0.1) is 0 Å². The Bertz CT molecular complexity index is 346. The van der Waals surface area contributed by atoms with Gasteiger partial charge in [0.25, 0.3) is 0 Å². The number of aromatic hydroxyl groups is 1. The molecule has 74 valence electrons. The van der Waals surface area contributed by atoms with Gasteiger partial charge in [-0.1, -0.05) is 12.1 Å². The lowest BCUT2D eigenvalue weighted by molar-refractivity contribution is 0.143. The van der Waals surface area contributed by atoms with E-state index in [0.717, 1.165) is 5.56 Å². The average Bonchev–Trinajstić information content (AvgIpc) is 2.19. The Morgan fingerprint density at radius 2 is 2.07 bits per heavy atom. The van der Waals surface area contributed by atoms with Crippen LogP contribution in [0.25, 0.3) is 0 Å². The highest BCUT2D eigenvalue weighted by atomic mass is 16.5. The van der Waals surface area contributed by atoms with Gasteiger partial charge >= 0.3 is 0 Å². The van der Waals surface area contributed by atoms with E-state index >= 15 is 0 Å². The zero-order chi connectivity index (χ0) is 9.97.